The molecule has 0 radical (unpaired) electrons. The highest BCUT2D eigenvalue weighted by Gasteiger charge is 2.63. The molecule has 0 amide bonds. The van der Waals surface area contributed by atoms with Gasteiger partial charge < -0.3 is 23.7 Å². The van der Waals surface area contributed by atoms with Crippen LogP contribution in [0.5, 0.6) is 0 Å². The number of hydrogen-bond donors (Lipinski definition) is 0. The number of ether oxygens (including phenoxy) is 5. The molecule has 0 saturated carbocycles. The molecule has 0 bridgehead atoms. The number of halogens is 1. The first kappa shape index (κ1) is 14.2. The molecular formula is C13H19FO6. The van der Waals surface area contributed by atoms with E-state index < -0.39 is 48.3 Å². The molecule has 3 fully saturated rings. The fourth-order valence-electron chi connectivity index (χ4n) is 3.08. The maximum absolute atomic E-state index is 13.7. The van der Waals surface area contributed by atoms with E-state index in [2.05, 4.69) is 0 Å². The van der Waals surface area contributed by atoms with Crippen LogP contribution < -0.4 is 0 Å². The van der Waals surface area contributed by atoms with Crippen molar-refractivity contribution in [2.24, 2.45) is 0 Å². The second-order valence-corrected chi connectivity index (χ2v) is 6.38. The third kappa shape index (κ3) is 2.13. The van der Waals surface area contributed by atoms with Crippen LogP contribution in [0.4, 0.5) is 4.39 Å². The van der Waals surface area contributed by atoms with Crippen molar-refractivity contribution in [1.82, 2.24) is 0 Å². The summed E-state index contributed by atoms with van der Waals surface area (Å²) in [5.41, 5.74) is -1.39. The van der Waals surface area contributed by atoms with Crippen molar-refractivity contribution in [2.45, 2.75) is 69.8 Å². The SMILES string of the molecule is CC1(C)O[C@H]2OC(=O)[C@@H]3OC(C)(C)O[C@]3(CF)C[C@H]2O1. The van der Waals surface area contributed by atoms with E-state index in [0.717, 1.165) is 0 Å². The summed E-state index contributed by atoms with van der Waals surface area (Å²) in [7, 11) is 0. The van der Waals surface area contributed by atoms with Gasteiger partial charge in [-0.2, -0.15) is 0 Å². The van der Waals surface area contributed by atoms with Gasteiger partial charge in [-0.3, -0.25) is 0 Å². The van der Waals surface area contributed by atoms with Crippen molar-refractivity contribution in [3.05, 3.63) is 0 Å². The average molecular weight is 290 g/mol. The lowest BCUT2D eigenvalue weighted by atomic mass is 9.92. The van der Waals surface area contributed by atoms with Crippen molar-refractivity contribution in [3.63, 3.8) is 0 Å². The fourth-order valence-corrected chi connectivity index (χ4v) is 3.08. The molecule has 3 heterocycles. The molecule has 3 aliphatic rings. The highest BCUT2D eigenvalue weighted by atomic mass is 19.1. The summed E-state index contributed by atoms with van der Waals surface area (Å²) >= 11 is 0. The van der Waals surface area contributed by atoms with Gasteiger partial charge in [0, 0.05) is 6.42 Å². The predicted octanol–water partition coefficient (Wildman–Crippen LogP) is 1.27. The first-order valence-corrected chi connectivity index (χ1v) is 6.66. The van der Waals surface area contributed by atoms with Crippen LogP contribution in [0.1, 0.15) is 34.1 Å². The minimum atomic E-state index is -1.39. The van der Waals surface area contributed by atoms with Gasteiger partial charge in [0.1, 0.15) is 18.4 Å². The van der Waals surface area contributed by atoms with E-state index in [4.69, 9.17) is 23.7 Å². The molecule has 0 aromatic heterocycles. The number of carbonyl (C=O) groups excluding carboxylic acids is 1. The third-order valence-electron chi connectivity index (χ3n) is 3.69. The summed E-state index contributed by atoms with van der Waals surface area (Å²) in [6, 6.07) is 0. The normalized spacial score (nSPS) is 45.5. The second-order valence-electron chi connectivity index (χ2n) is 6.38. The van der Waals surface area contributed by atoms with Crippen LogP contribution in [0.2, 0.25) is 0 Å². The van der Waals surface area contributed by atoms with Crippen molar-refractivity contribution >= 4 is 5.97 Å². The molecule has 4 atom stereocenters. The van der Waals surface area contributed by atoms with Crippen LogP contribution in [-0.2, 0) is 28.5 Å². The van der Waals surface area contributed by atoms with Gasteiger partial charge in [-0.25, -0.2) is 9.18 Å². The Hall–Kier alpha value is -0.760. The maximum Gasteiger partial charge on any atom is 0.340 e. The van der Waals surface area contributed by atoms with Crippen LogP contribution in [-0.4, -0.2) is 48.3 Å². The summed E-state index contributed by atoms with van der Waals surface area (Å²) in [5.74, 6) is -2.60. The Labute approximate surface area is 116 Å². The third-order valence-corrected chi connectivity index (χ3v) is 3.69. The lowest BCUT2D eigenvalue weighted by Crippen LogP contribution is -2.47. The summed E-state index contributed by atoms with van der Waals surface area (Å²) in [6.45, 7) is 5.85. The smallest absolute Gasteiger partial charge is 0.340 e. The molecule has 0 aliphatic carbocycles. The summed E-state index contributed by atoms with van der Waals surface area (Å²) in [4.78, 5) is 12.2. The Kier molecular flexibility index (Phi) is 2.93. The number of alkyl halides is 1. The molecule has 7 heteroatoms. The lowest BCUT2D eigenvalue weighted by Gasteiger charge is -2.29. The van der Waals surface area contributed by atoms with Crippen molar-refractivity contribution in [2.75, 3.05) is 6.67 Å². The molecule has 0 unspecified atom stereocenters. The Bertz CT molecular complexity index is 437. The molecule has 0 N–H and O–H groups in total. The number of carbonyl (C=O) groups is 1. The van der Waals surface area contributed by atoms with Crippen molar-refractivity contribution in [1.29, 1.82) is 0 Å². The number of hydrogen-bond acceptors (Lipinski definition) is 6. The lowest BCUT2D eigenvalue weighted by molar-refractivity contribution is -0.208. The van der Waals surface area contributed by atoms with Crippen LogP contribution in [0, 0.1) is 0 Å². The predicted molar refractivity (Wildman–Crippen MR) is 63.3 cm³/mol. The standard InChI is InChI=1S/C13H19FO6/c1-11(2)17-7-5-13(6-14)8(18-12(3,4)20-13)9(15)16-10(7)19-11/h7-8,10H,5-6H2,1-4H3/t7-,8+,10-,13+/m1/s1. The number of esters is 1. The van der Waals surface area contributed by atoms with E-state index in [-0.39, 0.29) is 6.42 Å². The highest BCUT2D eigenvalue weighted by molar-refractivity contribution is 5.77. The van der Waals surface area contributed by atoms with Crippen molar-refractivity contribution in [3.8, 4) is 0 Å². The van der Waals surface area contributed by atoms with E-state index in [9.17, 15) is 9.18 Å². The molecular weight excluding hydrogens is 271 g/mol. The maximum atomic E-state index is 13.7. The minimum absolute atomic E-state index is 0.136. The van der Waals surface area contributed by atoms with Crippen LogP contribution >= 0.6 is 0 Å². The zero-order chi connectivity index (χ0) is 14.8. The second kappa shape index (κ2) is 4.13. The molecule has 6 nitrogen and oxygen atoms in total. The van der Waals surface area contributed by atoms with Crippen LogP contribution in [0.25, 0.3) is 0 Å². The van der Waals surface area contributed by atoms with Gasteiger partial charge in [0.25, 0.3) is 0 Å². The zero-order valence-electron chi connectivity index (χ0n) is 12.0. The van der Waals surface area contributed by atoms with Gasteiger partial charge in [0.05, 0.1) is 0 Å². The van der Waals surface area contributed by atoms with Crippen LogP contribution in [0.3, 0.4) is 0 Å². The molecule has 0 aromatic rings. The monoisotopic (exact) mass is 290 g/mol. The fraction of sp³-hybridized carbons (Fsp3) is 0.923. The van der Waals surface area contributed by atoms with E-state index in [1.165, 1.54) is 0 Å². The Morgan fingerprint density at radius 3 is 2.50 bits per heavy atom. The molecule has 3 saturated heterocycles. The Morgan fingerprint density at radius 1 is 1.15 bits per heavy atom. The largest absolute Gasteiger partial charge is 0.431 e. The van der Waals surface area contributed by atoms with E-state index in [1.807, 2.05) is 0 Å². The summed E-state index contributed by atoms with van der Waals surface area (Å²) in [6.07, 6.45) is -2.41. The van der Waals surface area contributed by atoms with Gasteiger partial charge in [-0.05, 0) is 27.7 Å². The number of rotatable bonds is 1. The van der Waals surface area contributed by atoms with E-state index in [0.29, 0.717) is 0 Å². The number of fused-ring (bicyclic) bond motifs is 2. The first-order chi connectivity index (χ1) is 9.16. The van der Waals surface area contributed by atoms with Crippen LogP contribution in [0.15, 0.2) is 0 Å². The van der Waals surface area contributed by atoms with E-state index >= 15 is 0 Å². The average Bonchev–Trinajstić information content (AvgIpc) is 2.70. The van der Waals surface area contributed by atoms with Gasteiger partial charge in [-0.1, -0.05) is 0 Å². The zero-order valence-corrected chi connectivity index (χ0v) is 12.0. The van der Waals surface area contributed by atoms with Crippen molar-refractivity contribution < 1.29 is 32.9 Å². The molecule has 0 spiro atoms. The first-order valence-electron chi connectivity index (χ1n) is 6.66. The van der Waals surface area contributed by atoms with E-state index in [1.54, 1.807) is 27.7 Å². The topological polar surface area (TPSA) is 63.2 Å². The van der Waals surface area contributed by atoms with Gasteiger partial charge >= 0.3 is 5.97 Å². The van der Waals surface area contributed by atoms with Gasteiger partial charge in [-0.15, -0.1) is 0 Å². The Morgan fingerprint density at radius 2 is 1.85 bits per heavy atom. The molecule has 3 rings (SSSR count). The quantitative estimate of drug-likeness (QED) is 0.678. The molecule has 0 aromatic carbocycles. The molecule has 3 aliphatic heterocycles. The minimum Gasteiger partial charge on any atom is -0.431 e. The molecule has 114 valence electrons. The highest BCUT2D eigenvalue weighted by Crippen LogP contribution is 2.46. The summed E-state index contributed by atoms with van der Waals surface area (Å²) in [5, 5.41) is 0. The Balaban J connectivity index is 1.93. The summed E-state index contributed by atoms with van der Waals surface area (Å²) < 4.78 is 41.3. The van der Waals surface area contributed by atoms with Gasteiger partial charge in [0.2, 0.25) is 6.29 Å². The van der Waals surface area contributed by atoms with Gasteiger partial charge in [0.15, 0.2) is 17.7 Å². The molecule has 20 heavy (non-hydrogen) atoms.